The Kier molecular flexibility index (Phi) is 8.05. The van der Waals surface area contributed by atoms with Gasteiger partial charge in [0.05, 0.1) is 17.6 Å². The Morgan fingerprint density at radius 1 is 0.897 bits per heavy atom. The molecule has 0 saturated carbocycles. The molecular weight excluding hydrogens is 383 g/mol. The summed E-state index contributed by atoms with van der Waals surface area (Å²) >= 11 is 0. The van der Waals surface area contributed by atoms with E-state index in [0.29, 0.717) is 5.92 Å². The first-order valence-corrected chi connectivity index (χ1v) is 9.65. The lowest BCUT2D eigenvalue weighted by atomic mass is 10.0. The lowest BCUT2D eigenvalue weighted by molar-refractivity contribution is 0.236. The van der Waals surface area contributed by atoms with Crippen LogP contribution in [0.5, 0.6) is 5.75 Å². The Labute approximate surface area is 168 Å². The van der Waals surface area contributed by atoms with Crippen LogP contribution in [0.3, 0.4) is 0 Å². The van der Waals surface area contributed by atoms with E-state index in [0.717, 1.165) is 53.1 Å². The number of para-hydroxylation sites is 1. The van der Waals surface area contributed by atoms with Gasteiger partial charge in [-0.15, -0.1) is 0 Å². The van der Waals surface area contributed by atoms with Crippen molar-refractivity contribution in [3.05, 3.63) is 60.2 Å². The predicted molar refractivity (Wildman–Crippen MR) is 111 cm³/mol. The third-order valence-corrected chi connectivity index (χ3v) is 4.70. The molecule has 1 aromatic heterocycles. The van der Waals surface area contributed by atoms with Gasteiger partial charge in [0.1, 0.15) is 0 Å². The van der Waals surface area contributed by atoms with E-state index >= 15 is 0 Å². The van der Waals surface area contributed by atoms with Crippen LogP contribution in [0, 0.1) is 12.8 Å². The van der Waals surface area contributed by atoms with Gasteiger partial charge in [0.25, 0.3) is 0 Å². The fourth-order valence-corrected chi connectivity index (χ4v) is 2.99. The number of rotatable bonds is 6. The summed E-state index contributed by atoms with van der Waals surface area (Å²) in [4.78, 5) is 0. The average Bonchev–Trinajstić information content (AvgIpc) is 2.69. The highest BCUT2D eigenvalue weighted by Crippen LogP contribution is 2.38. The van der Waals surface area contributed by atoms with Crippen molar-refractivity contribution < 1.29 is 26.4 Å². The summed E-state index contributed by atoms with van der Waals surface area (Å²) < 4.78 is 51.5. The Bertz CT molecular complexity index is 904. The molecule has 0 aliphatic heterocycles. The molecule has 0 unspecified atom stereocenters. The van der Waals surface area contributed by atoms with Gasteiger partial charge in [0.2, 0.25) is 5.75 Å². The summed E-state index contributed by atoms with van der Waals surface area (Å²) in [6.07, 6.45) is 2.25. The highest BCUT2D eigenvalue weighted by molar-refractivity contribution is 6.50. The minimum atomic E-state index is -6.00. The molecule has 0 radical (unpaired) electrons. The van der Waals surface area contributed by atoms with Crippen LogP contribution in [0.1, 0.15) is 32.3 Å². The number of aryl methyl sites for hydroxylation is 1. The Hall–Kier alpha value is -2.57. The van der Waals surface area contributed by atoms with Crippen molar-refractivity contribution >= 4 is 18.2 Å². The SMILES string of the molecule is CCC(CC)COc1c(-c2ccccc2)[o+]c2ccccc2c1C.F[B-](F)(F)F. The van der Waals surface area contributed by atoms with E-state index in [4.69, 9.17) is 9.15 Å². The van der Waals surface area contributed by atoms with Gasteiger partial charge in [-0.05, 0) is 31.0 Å². The maximum absolute atomic E-state index is 9.75. The van der Waals surface area contributed by atoms with Crippen LogP contribution >= 0.6 is 0 Å². The molecule has 3 aromatic rings. The molecule has 0 bridgehead atoms. The van der Waals surface area contributed by atoms with E-state index in [-0.39, 0.29) is 0 Å². The monoisotopic (exact) mass is 408 g/mol. The minimum Gasteiger partial charge on any atom is -0.485 e. The zero-order valence-electron chi connectivity index (χ0n) is 16.8. The summed E-state index contributed by atoms with van der Waals surface area (Å²) in [6.45, 7) is 7.27. The number of fused-ring (bicyclic) bond motifs is 1. The number of benzene rings is 2. The van der Waals surface area contributed by atoms with Crippen LogP contribution in [-0.2, 0) is 0 Å². The van der Waals surface area contributed by atoms with E-state index in [9.17, 15) is 17.3 Å². The van der Waals surface area contributed by atoms with Gasteiger partial charge < -0.3 is 22.0 Å². The second-order valence-corrected chi connectivity index (χ2v) is 6.74. The van der Waals surface area contributed by atoms with Crippen molar-refractivity contribution in [2.75, 3.05) is 6.61 Å². The first-order valence-electron chi connectivity index (χ1n) is 9.65. The van der Waals surface area contributed by atoms with Gasteiger partial charge in [0, 0.05) is 11.6 Å². The maximum Gasteiger partial charge on any atom is 0.673 e. The first kappa shape index (κ1) is 22.7. The Morgan fingerprint density at radius 2 is 1.45 bits per heavy atom. The van der Waals surface area contributed by atoms with Crippen LogP contribution in [0.15, 0.2) is 59.0 Å². The largest absolute Gasteiger partial charge is 0.673 e. The van der Waals surface area contributed by atoms with E-state index < -0.39 is 7.25 Å². The van der Waals surface area contributed by atoms with Crippen molar-refractivity contribution in [3.8, 4) is 17.1 Å². The molecule has 0 saturated heterocycles. The number of hydrogen-bond donors (Lipinski definition) is 0. The summed E-state index contributed by atoms with van der Waals surface area (Å²) in [5.41, 5.74) is 3.08. The van der Waals surface area contributed by atoms with Crippen molar-refractivity contribution in [1.29, 1.82) is 0 Å². The molecule has 29 heavy (non-hydrogen) atoms. The van der Waals surface area contributed by atoms with Crippen LogP contribution in [0.4, 0.5) is 17.3 Å². The van der Waals surface area contributed by atoms with Crippen LogP contribution < -0.4 is 4.74 Å². The van der Waals surface area contributed by atoms with E-state index in [1.807, 2.05) is 36.4 Å². The summed E-state index contributed by atoms with van der Waals surface area (Å²) in [7, 11) is -6.00. The molecule has 0 atom stereocenters. The smallest absolute Gasteiger partial charge is 0.485 e. The molecule has 0 spiro atoms. The maximum atomic E-state index is 9.75. The van der Waals surface area contributed by atoms with E-state index in [1.165, 1.54) is 0 Å². The third kappa shape index (κ3) is 6.77. The summed E-state index contributed by atoms with van der Waals surface area (Å²) in [5, 5.41) is 1.11. The quantitative estimate of drug-likeness (QED) is 0.236. The molecule has 0 N–H and O–H groups in total. The predicted octanol–water partition coefficient (Wildman–Crippen LogP) is 7.80. The molecule has 2 nitrogen and oxygen atoms in total. The van der Waals surface area contributed by atoms with E-state index in [2.05, 4.69) is 39.0 Å². The highest BCUT2D eigenvalue weighted by atomic mass is 19.5. The minimum absolute atomic E-state index is 0.569. The molecule has 7 heteroatoms. The fourth-order valence-electron chi connectivity index (χ4n) is 2.99. The van der Waals surface area contributed by atoms with E-state index in [1.54, 1.807) is 0 Å². The molecule has 0 aliphatic carbocycles. The van der Waals surface area contributed by atoms with Crippen LogP contribution in [0.25, 0.3) is 22.3 Å². The standard InChI is InChI=1S/C22H25O2.BF4/c1-4-17(5-2)15-23-21-16(3)19-13-9-10-14-20(19)24-22(21)18-11-7-6-8-12-18;2-1(3,4)5/h6-14,17H,4-5,15H2,1-3H3;/q+1;-1. The van der Waals surface area contributed by atoms with Gasteiger partial charge in [-0.3, -0.25) is 0 Å². The molecular formula is C22H25BF4O2. The van der Waals surface area contributed by atoms with Crippen molar-refractivity contribution in [2.45, 2.75) is 33.6 Å². The number of ether oxygens (including phenoxy) is 1. The lowest BCUT2D eigenvalue weighted by Crippen LogP contribution is -2.11. The first-order chi connectivity index (χ1) is 13.7. The highest BCUT2D eigenvalue weighted by Gasteiger charge is 2.26. The molecule has 3 rings (SSSR count). The molecule has 2 aromatic carbocycles. The molecule has 0 aliphatic rings. The van der Waals surface area contributed by atoms with Crippen LogP contribution in [-0.4, -0.2) is 13.9 Å². The average molecular weight is 408 g/mol. The third-order valence-electron chi connectivity index (χ3n) is 4.70. The Morgan fingerprint density at radius 3 is 2.03 bits per heavy atom. The fraction of sp³-hybridized carbons (Fsp3) is 0.318. The van der Waals surface area contributed by atoms with Crippen molar-refractivity contribution in [3.63, 3.8) is 0 Å². The van der Waals surface area contributed by atoms with Crippen molar-refractivity contribution in [1.82, 2.24) is 0 Å². The second-order valence-electron chi connectivity index (χ2n) is 6.74. The van der Waals surface area contributed by atoms with Gasteiger partial charge in [-0.25, -0.2) is 4.42 Å². The van der Waals surface area contributed by atoms with Gasteiger partial charge in [-0.2, -0.15) is 0 Å². The van der Waals surface area contributed by atoms with Gasteiger partial charge >= 0.3 is 18.6 Å². The number of hydrogen-bond acceptors (Lipinski definition) is 1. The Balaban J connectivity index is 0.000000537. The summed E-state index contributed by atoms with van der Waals surface area (Å²) in [6, 6.07) is 18.4. The molecule has 156 valence electrons. The second kappa shape index (κ2) is 10.3. The van der Waals surface area contributed by atoms with Gasteiger partial charge in [0.15, 0.2) is 0 Å². The zero-order valence-corrected chi connectivity index (χ0v) is 16.8. The van der Waals surface area contributed by atoms with Crippen LogP contribution in [0.2, 0.25) is 0 Å². The number of halogens is 4. The zero-order chi connectivity index (χ0) is 21.4. The molecule has 1 heterocycles. The van der Waals surface area contributed by atoms with Gasteiger partial charge in [-0.1, -0.05) is 57.0 Å². The summed E-state index contributed by atoms with van der Waals surface area (Å²) in [5.74, 6) is 2.25. The topological polar surface area (TPSA) is 20.5 Å². The molecule has 0 fully saturated rings. The lowest BCUT2D eigenvalue weighted by Gasteiger charge is -2.15. The van der Waals surface area contributed by atoms with Crippen molar-refractivity contribution in [2.24, 2.45) is 5.92 Å². The molecule has 0 amide bonds. The normalized spacial score (nSPS) is 11.3.